The number of hydrogen-bond donors (Lipinski definition) is 0. The Bertz CT molecular complexity index is 2140. The number of benzene rings is 4. The van der Waals surface area contributed by atoms with Crippen molar-refractivity contribution in [3.05, 3.63) is 106 Å². The third-order valence-corrected chi connectivity index (χ3v) is 16.9. The molecule has 0 nitrogen and oxygen atoms in total. The van der Waals surface area contributed by atoms with Crippen molar-refractivity contribution in [2.75, 3.05) is 0 Å². The van der Waals surface area contributed by atoms with Gasteiger partial charge in [-0.1, -0.05) is 180 Å². The first-order valence-electron chi connectivity index (χ1n) is 22.6. The second-order valence-corrected chi connectivity index (χ2v) is 21.0. The lowest BCUT2D eigenvalue weighted by Crippen LogP contribution is -2.49. The van der Waals surface area contributed by atoms with Gasteiger partial charge in [-0.2, -0.15) is 0 Å². The van der Waals surface area contributed by atoms with Crippen LogP contribution in [0.25, 0.3) is 33.0 Å². The van der Waals surface area contributed by atoms with E-state index in [4.69, 9.17) is 0 Å². The van der Waals surface area contributed by atoms with Crippen molar-refractivity contribution >= 4 is 21.9 Å². The molecule has 4 aromatic rings. The van der Waals surface area contributed by atoms with Gasteiger partial charge in [0.2, 0.25) is 0 Å². The highest BCUT2D eigenvalue weighted by molar-refractivity contribution is 6.12. The van der Waals surface area contributed by atoms with Crippen LogP contribution in [0.4, 0.5) is 0 Å². The van der Waals surface area contributed by atoms with Gasteiger partial charge < -0.3 is 0 Å². The predicted octanol–water partition coefficient (Wildman–Crippen LogP) is 15.2. The van der Waals surface area contributed by atoms with Gasteiger partial charge in [-0.25, -0.2) is 0 Å². The molecule has 4 aromatic carbocycles. The van der Waals surface area contributed by atoms with E-state index < -0.39 is 0 Å². The van der Waals surface area contributed by atoms with Gasteiger partial charge >= 0.3 is 0 Å². The Morgan fingerprint density at radius 3 is 1.72 bits per heavy atom. The molecule has 3 fully saturated rings. The molecule has 2 atom stereocenters. The maximum Gasteiger partial charge on any atom is 0.0227 e. The fraction of sp³-hybridized carbons (Fsp3) is 0.556. The molecule has 0 heterocycles. The van der Waals surface area contributed by atoms with Crippen LogP contribution in [-0.4, -0.2) is 0 Å². The van der Waals surface area contributed by atoms with E-state index in [1.165, 1.54) is 99.1 Å². The first kappa shape index (κ1) is 35.3. The topological polar surface area (TPSA) is 0 Å². The summed E-state index contributed by atoms with van der Waals surface area (Å²) in [6, 6.07) is 27.2. The van der Waals surface area contributed by atoms with Crippen LogP contribution < -0.4 is 0 Å². The Labute approximate surface area is 327 Å². The third kappa shape index (κ3) is 4.73. The van der Waals surface area contributed by atoms with Crippen LogP contribution >= 0.6 is 0 Å². The third-order valence-electron chi connectivity index (χ3n) is 16.9. The van der Waals surface area contributed by atoms with Gasteiger partial charge in [0, 0.05) is 16.2 Å². The first-order valence-corrected chi connectivity index (χ1v) is 22.6. The number of allylic oxidation sites excluding steroid dienone is 2. The molecule has 54 heavy (non-hydrogen) atoms. The largest absolute Gasteiger partial charge is 0.0625 e. The van der Waals surface area contributed by atoms with E-state index in [2.05, 4.69) is 122 Å². The zero-order valence-corrected chi connectivity index (χ0v) is 34.9. The second kappa shape index (κ2) is 12.4. The van der Waals surface area contributed by atoms with E-state index >= 15 is 0 Å². The molecule has 1 spiro atoms. The number of rotatable bonds is 4. The summed E-state index contributed by atoms with van der Waals surface area (Å²) < 4.78 is 0. The summed E-state index contributed by atoms with van der Waals surface area (Å²) in [5.41, 5.74) is 17.6. The van der Waals surface area contributed by atoms with Crippen molar-refractivity contribution in [2.45, 2.75) is 155 Å². The summed E-state index contributed by atoms with van der Waals surface area (Å²) >= 11 is 0. The van der Waals surface area contributed by atoms with Gasteiger partial charge in [-0.15, -0.1) is 0 Å². The van der Waals surface area contributed by atoms with Crippen molar-refractivity contribution in [1.82, 2.24) is 0 Å². The van der Waals surface area contributed by atoms with E-state index in [-0.39, 0.29) is 16.2 Å². The van der Waals surface area contributed by atoms with Crippen LogP contribution in [0.2, 0.25) is 0 Å². The molecule has 6 aliphatic carbocycles. The van der Waals surface area contributed by atoms with E-state index in [1.54, 1.807) is 49.9 Å². The predicted molar refractivity (Wildman–Crippen MR) is 231 cm³/mol. The Morgan fingerprint density at radius 2 is 1.11 bits per heavy atom. The van der Waals surface area contributed by atoms with Gasteiger partial charge in [-0.05, 0) is 132 Å². The van der Waals surface area contributed by atoms with Crippen molar-refractivity contribution in [1.29, 1.82) is 0 Å². The first-order chi connectivity index (χ1) is 26.0. The van der Waals surface area contributed by atoms with E-state index in [9.17, 15) is 0 Å². The van der Waals surface area contributed by atoms with Gasteiger partial charge in [0.1, 0.15) is 0 Å². The molecule has 2 unspecified atom stereocenters. The molecule has 0 saturated heterocycles. The average molecular weight is 715 g/mol. The van der Waals surface area contributed by atoms with Crippen molar-refractivity contribution in [2.24, 2.45) is 35.5 Å². The van der Waals surface area contributed by atoms with Gasteiger partial charge in [0.05, 0.1) is 0 Å². The molecule has 0 N–H and O–H groups in total. The molecule has 3 saturated carbocycles. The van der Waals surface area contributed by atoms with Crippen LogP contribution in [-0.2, 0) is 16.2 Å². The number of hydrogen-bond acceptors (Lipinski definition) is 0. The molecule has 0 amide bonds. The van der Waals surface area contributed by atoms with Crippen LogP contribution in [0, 0.1) is 35.5 Å². The van der Waals surface area contributed by atoms with Crippen LogP contribution in [0.3, 0.4) is 0 Å². The average Bonchev–Trinajstić information content (AvgIpc) is 3.70. The van der Waals surface area contributed by atoms with E-state index in [0.717, 1.165) is 35.5 Å². The maximum absolute atomic E-state index is 2.74. The summed E-state index contributed by atoms with van der Waals surface area (Å²) in [6.07, 6.45) is 17.2. The van der Waals surface area contributed by atoms with Crippen molar-refractivity contribution < 1.29 is 0 Å². The van der Waals surface area contributed by atoms with Crippen LogP contribution in [0.5, 0.6) is 0 Å². The minimum absolute atomic E-state index is 0.0121. The van der Waals surface area contributed by atoms with Gasteiger partial charge in [0.25, 0.3) is 0 Å². The molecule has 0 heteroatoms. The Kier molecular flexibility index (Phi) is 8.13. The molecular formula is C54H66. The molecule has 6 aliphatic rings. The fourth-order valence-electron chi connectivity index (χ4n) is 14.9. The summed E-state index contributed by atoms with van der Waals surface area (Å²) in [7, 11) is 0. The zero-order valence-electron chi connectivity index (χ0n) is 34.9. The van der Waals surface area contributed by atoms with Crippen molar-refractivity contribution in [3.63, 3.8) is 0 Å². The van der Waals surface area contributed by atoms with Crippen LogP contribution in [0.15, 0.2) is 66.7 Å². The second-order valence-electron chi connectivity index (χ2n) is 21.0. The monoisotopic (exact) mass is 715 g/mol. The lowest BCUT2D eigenvalue weighted by atomic mass is 9.49. The van der Waals surface area contributed by atoms with Crippen molar-refractivity contribution in [3.8, 4) is 11.1 Å². The molecule has 0 aromatic heterocycles. The van der Waals surface area contributed by atoms with E-state index in [0.29, 0.717) is 5.92 Å². The molecule has 0 aliphatic heterocycles. The highest BCUT2D eigenvalue weighted by Crippen LogP contribution is 2.70. The molecule has 10 rings (SSSR count). The summed E-state index contributed by atoms with van der Waals surface area (Å²) in [4.78, 5) is 0. The quantitative estimate of drug-likeness (QED) is 0.197. The normalized spacial score (nSPS) is 28.5. The smallest absolute Gasteiger partial charge is 0.0227 e. The van der Waals surface area contributed by atoms with Gasteiger partial charge in [0.15, 0.2) is 0 Å². The van der Waals surface area contributed by atoms with Gasteiger partial charge in [-0.3, -0.25) is 0 Å². The SMILES string of the molecule is CC(C)c1cc2c(c3ccccc13)C1(CC(C3CCCCC3)C(C(C)C)C(C3CCCCC3)C1)c1ccc3c(c1-2)C(C)(C)C1=C3C(C)(C)c2ccccc21. The standard InChI is InChI=1S/C54H66/c1-32(2)40-29-41-47-45(28-27-39-49(47)53(7,8)50-38-25-17-18-26-44(38)52(5,6)51(39)50)54(48(41)37-24-16-15-23-36(37)40)30-42(34-19-11-9-12-20-34)46(33(3)4)43(31-54)35-21-13-10-14-22-35/h15-18,23-29,32-35,42-43,46H,9-14,19-22,30-31H2,1-8H3. The highest BCUT2D eigenvalue weighted by Gasteiger charge is 2.59. The number of fused-ring (bicyclic) bond motifs is 12. The minimum Gasteiger partial charge on any atom is -0.0625 e. The van der Waals surface area contributed by atoms with Crippen LogP contribution in [0.1, 0.15) is 177 Å². The molecule has 282 valence electrons. The minimum atomic E-state index is -0.0764. The Balaban J connectivity index is 1.28. The summed E-state index contributed by atoms with van der Waals surface area (Å²) in [6.45, 7) is 20.3. The molecular weight excluding hydrogens is 649 g/mol. The zero-order chi connectivity index (χ0) is 37.3. The molecule has 0 bridgehead atoms. The van der Waals surface area contributed by atoms with E-state index in [1.807, 2.05) is 0 Å². The summed E-state index contributed by atoms with van der Waals surface area (Å²) in [5.74, 6) is 5.39. The maximum atomic E-state index is 2.74. The lowest BCUT2D eigenvalue weighted by Gasteiger charge is -2.55. The molecule has 0 radical (unpaired) electrons. The highest BCUT2D eigenvalue weighted by atomic mass is 14.6. The Hall–Kier alpha value is -3.12. The Morgan fingerprint density at radius 1 is 0.537 bits per heavy atom. The fourth-order valence-corrected chi connectivity index (χ4v) is 14.9. The lowest BCUT2D eigenvalue weighted by molar-refractivity contribution is -0.0164. The summed E-state index contributed by atoms with van der Waals surface area (Å²) in [5, 5.41) is 3.08.